The number of benzene rings is 2. The number of carbonyl (C=O) groups is 2. The van der Waals surface area contributed by atoms with Crippen molar-refractivity contribution < 1.29 is 14.3 Å². The summed E-state index contributed by atoms with van der Waals surface area (Å²) in [5, 5.41) is 3.43. The molecule has 6 heteroatoms. The van der Waals surface area contributed by atoms with Crippen molar-refractivity contribution >= 4 is 40.8 Å². The number of nitrogens with one attached hydrogen (secondary N) is 1. The van der Waals surface area contributed by atoms with Crippen LogP contribution in [-0.2, 0) is 4.79 Å². The molecule has 0 aliphatic heterocycles. The van der Waals surface area contributed by atoms with E-state index < -0.39 is 11.9 Å². The Labute approximate surface area is 131 Å². The Kier molecular flexibility index (Phi) is 4.83. The van der Waals surface area contributed by atoms with Gasteiger partial charge in [-0.05, 0) is 36.4 Å². The van der Waals surface area contributed by atoms with Gasteiger partial charge in [0.25, 0.3) is 5.91 Å². The highest BCUT2D eigenvalue weighted by Gasteiger charge is 2.17. The van der Waals surface area contributed by atoms with Gasteiger partial charge in [0, 0.05) is 17.6 Å². The van der Waals surface area contributed by atoms with Crippen LogP contribution in [0.1, 0.15) is 17.3 Å². The van der Waals surface area contributed by atoms with E-state index in [1.807, 2.05) is 0 Å². The molecular weight excluding hydrogens is 313 g/mol. The second-order valence-corrected chi connectivity index (χ2v) is 5.01. The fraction of sp³-hybridized carbons (Fsp3) is 0.0667. The summed E-state index contributed by atoms with van der Waals surface area (Å²) < 4.78 is 5.00. The van der Waals surface area contributed by atoms with Crippen LogP contribution in [-0.4, -0.2) is 11.9 Å². The Morgan fingerprint density at radius 3 is 2.33 bits per heavy atom. The van der Waals surface area contributed by atoms with E-state index >= 15 is 0 Å². The minimum absolute atomic E-state index is 0.0399. The van der Waals surface area contributed by atoms with Crippen LogP contribution in [0.5, 0.6) is 5.75 Å². The maximum Gasteiger partial charge on any atom is 0.308 e. The molecule has 0 unspecified atom stereocenters. The summed E-state index contributed by atoms with van der Waals surface area (Å²) in [6.45, 7) is 1.24. The lowest BCUT2D eigenvalue weighted by Gasteiger charge is -2.11. The Morgan fingerprint density at radius 2 is 1.71 bits per heavy atom. The first kappa shape index (κ1) is 15.4. The molecule has 4 nitrogen and oxygen atoms in total. The van der Waals surface area contributed by atoms with Gasteiger partial charge in [0.2, 0.25) is 0 Å². The molecular formula is C15H11Cl2NO3. The van der Waals surface area contributed by atoms with Crippen molar-refractivity contribution in [1.29, 1.82) is 0 Å². The van der Waals surface area contributed by atoms with Crippen molar-refractivity contribution in [3.8, 4) is 5.75 Å². The van der Waals surface area contributed by atoms with E-state index in [2.05, 4.69) is 5.32 Å². The zero-order valence-corrected chi connectivity index (χ0v) is 12.5. The molecule has 0 fully saturated rings. The minimum Gasteiger partial charge on any atom is -0.424 e. The van der Waals surface area contributed by atoms with Crippen molar-refractivity contribution in [2.45, 2.75) is 6.92 Å². The molecule has 0 radical (unpaired) electrons. The molecule has 0 heterocycles. The van der Waals surface area contributed by atoms with E-state index in [0.717, 1.165) is 0 Å². The molecule has 0 aliphatic carbocycles. The largest absolute Gasteiger partial charge is 0.424 e. The van der Waals surface area contributed by atoms with Crippen LogP contribution < -0.4 is 10.1 Å². The maximum absolute atomic E-state index is 12.3. The number of carbonyl (C=O) groups excluding carboxylic acids is 2. The summed E-state index contributed by atoms with van der Waals surface area (Å²) in [5.41, 5.74) is 0.741. The average molecular weight is 324 g/mol. The van der Waals surface area contributed by atoms with Gasteiger partial charge in [-0.25, -0.2) is 0 Å². The molecule has 2 aromatic rings. The molecule has 2 rings (SSSR count). The van der Waals surface area contributed by atoms with Crippen molar-refractivity contribution in [3.05, 3.63) is 58.1 Å². The first-order valence-electron chi connectivity index (χ1n) is 6.01. The molecule has 0 spiro atoms. The fourth-order valence-corrected chi connectivity index (χ4v) is 2.01. The summed E-state index contributed by atoms with van der Waals surface area (Å²) >= 11 is 11.7. The van der Waals surface area contributed by atoms with E-state index in [1.54, 1.807) is 36.4 Å². The number of para-hydroxylation sites is 1. The van der Waals surface area contributed by atoms with Crippen molar-refractivity contribution in [1.82, 2.24) is 0 Å². The van der Waals surface area contributed by atoms with E-state index in [9.17, 15) is 9.59 Å². The van der Waals surface area contributed by atoms with Crippen molar-refractivity contribution in [2.75, 3.05) is 5.32 Å². The van der Waals surface area contributed by atoms with Crippen LogP contribution in [0, 0.1) is 0 Å². The van der Waals surface area contributed by atoms with Gasteiger partial charge < -0.3 is 10.1 Å². The normalized spacial score (nSPS) is 10.0. The van der Waals surface area contributed by atoms with Gasteiger partial charge >= 0.3 is 5.97 Å². The van der Waals surface area contributed by atoms with Gasteiger partial charge in [-0.3, -0.25) is 9.59 Å². The van der Waals surface area contributed by atoms with E-state index in [1.165, 1.54) is 13.0 Å². The SMILES string of the molecule is CC(=O)Oc1c(Cl)cccc1C(=O)Nc1ccc(Cl)cc1. The number of hydrogen-bond donors (Lipinski definition) is 1. The second-order valence-electron chi connectivity index (χ2n) is 4.17. The third-order valence-corrected chi connectivity index (χ3v) is 3.11. The van der Waals surface area contributed by atoms with E-state index in [0.29, 0.717) is 10.7 Å². The molecule has 0 saturated heterocycles. The van der Waals surface area contributed by atoms with Crippen LogP contribution in [0.15, 0.2) is 42.5 Å². The van der Waals surface area contributed by atoms with Crippen LogP contribution in [0.2, 0.25) is 10.0 Å². The highest BCUT2D eigenvalue weighted by atomic mass is 35.5. The molecule has 21 heavy (non-hydrogen) atoms. The average Bonchev–Trinajstić information content (AvgIpc) is 2.43. The van der Waals surface area contributed by atoms with Crippen molar-refractivity contribution in [3.63, 3.8) is 0 Å². The predicted octanol–water partition coefficient (Wildman–Crippen LogP) is 4.17. The predicted molar refractivity (Wildman–Crippen MR) is 82.2 cm³/mol. The summed E-state index contributed by atoms with van der Waals surface area (Å²) in [6.07, 6.45) is 0. The topological polar surface area (TPSA) is 55.4 Å². The smallest absolute Gasteiger partial charge is 0.308 e. The molecule has 0 aliphatic rings. The number of ether oxygens (including phenoxy) is 1. The first-order valence-corrected chi connectivity index (χ1v) is 6.77. The molecule has 1 N–H and O–H groups in total. The number of hydrogen-bond acceptors (Lipinski definition) is 3. The minimum atomic E-state index is -0.552. The number of halogens is 2. The Hall–Kier alpha value is -2.04. The lowest BCUT2D eigenvalue weighted by molar-refractivity contribution is -0.131. The number of amides is 1. The summed E-state index contributed by atoms with van der Waals surface area (Å²) in [5.74, 6) is -0.946. The van der Waals surface area contributed by atoms with Gasteiger partial charge in [-0.1, -0.05) is 29.3 Å². The van der Waals surface area contributed by atoms with Crippen LogP contribution in [0.4, 0.5) is 5.69 Å². The van der Waals surface area contributed by atoms with Crippen LogP contribution in [0.3, 0.4) is 0 Å². The Bertz CT molecular complexity index is 684. The number of anilines is 1. The summed E-state index contributed by atoms with van der Waals surface area (Å²) in [7, 11) is 0. The van der Waals surface area contributed by atoms with E-state index in [-0.39, 0.29) is 16.3 Å². The third kappa shape index (κ3) is 3.97. The maximum atomic E-state index is 12.3. The lowest BCUT2D eigenvalue weighted by atomic mass is 10.2. The molecule has 1 amide bonds. The summed E-state index contributed by atoms with van der Waals surface area (Å²) in [6, 6.07) is 11.3. The highest BCUT2D eigenvalue weighted by Crippen LogP contribution is 2.29. The van der Waals surface area contributed by atoms with Gasteiger partial charge in [-0.2, -0.15) is 0 Å². The number of esters is 1. The molecule has 0 atom stereocenters. The van der Waals surface area contributed by atoms with Crippen LogP contribution in [0.25, 0.3) is 0 Å². The standard InChI is InChI=1S/C15H11Cl2NO3/c1-9(19)21-14-12(3-2-4-13(14)17)15(20)18-11-7-5-10(16)6-8-11/h2-8H,1H3,(H,18,20). The zero-order chi connectivity index (χ0) is 15.4. The Balaban J connectivity index is 2.28. The number of rotatable bonds is 3. The quantitative estimate of drug-likeness (QED) is 0.681. The van der Waals surface area contributed by atoms with Crippen molar-refractivity contribution in [2.24, 2.45) is 0 Å². The second kappa shape index (κ2) is 6.61. The zero-order valence-electron chi connectivity index (χ0n) is 11.0. The Morgan fingerprint density at radius 1 is 1.05 bits per heavy atom. The lowest BCUT2D eigenvalue weighted by Crippen LogP contribution is -2.15. The summed E-state index contributed by atoms with van der Waals surface area (Å²) in [4.78, 5) is 23.4. The first-order chi connectivity index (χ1) is 9.97. The monoisotopic (exact) mass is 323 g/mol. The third-order valence-electron chi connectivity index (χ3n) is 2.56. The van der Waals surface area contributed by atoms with Gasteiger partial charge in [0.1, 0.15) is 0 Å². The van der Waals surface area contributed by atoms with Crippen LogP contribution >= 0.6 is 23.2 Å². The molecule has 0 saturated carbocycles. The van der Waals surface area contributed by atoms with Gasteiger partial charge in [0.15, 0.2) is 5.75 Å². The molecule has 108 valence electrons. The fourth-order valence-electron chi connectivity index (χ4n) is 1.67. The molecule has 2 aromatic carbocycles. The highest BCUT2D eigenvalue weighted by molar-refractivity contribution is 6.33. The van der Waals surface area contributed by atoms with Gasteiger partial charge in [0.05, 0.1) is 10.6 Å². The molecule has 0 bridgehead atoms. The van der Waals surface area contributed by atoms with E-state index in [4.69, 9.17) is 27.9 Å². The van der Waals surface area contributed by atoms with Gasteiger partial charge in [-0.15, -0.1) is 0 Å². The molecule has 0 aromatic heterocycles.